The molecule has 0 aromatic heterocycles. The molecule has 0 spiro atoms. The minimum atomic E-state index is 0. The second-order valence-electron chi connectivity index (χ2n) is 6.06. The van der Waals surface area contributed by atoms with Gasteiger partial charge in [0.25, 0.3) is 0 Å². The zero-order valence-electron chi connectivity index (χ0n) is 14.4. The highest BCUT2D eigenvalue weighted by atomic mass is 35.5. The number of halogens is 1. The zero-order valence-corrected chi connectivity index (χ0v) is 15.2. The summed E-state index contributed by atoms with van der Waals surface area (Å²) >= 11 is 0. The van der Waals surface area contributed by atoms with Gasteiger partial charge >= 0.3 is 0 Å². The van der Waals surface area contributed by atoms with Crippen LogP contribution in [0, 0.1) is 5.92 Å². The number of hydrogen-bond acceptors (Lipinski definition) is 4. The number of amides is 1. The number of ether oxygens (including phenoxy) is 1. The maximum absolute atomic E-state index is 12.3. The van der Waals surface area contributed by atoms with Crippen molar-refractivity contribution in [2.75, 3.05) is 33.8 Å². The molecule has 5 nitrogen and oxygen atoms in total. The monoisotopic (exact) mass is 354 g/mol. The summed E-state index contributed by atoms with van der Waals surface area (Å²) in [5, 5.41) is 3.18. The maximum atomic E-state index is 12.3. The number of carbonyl (C=O) groups is 2. The fraction of sp³-hybridized carbons (Fsp3) is 0.556. The number of nitrogens with zero attached hydrogens (tertiary/aromatic N) is 1. The molecule has 1 aromatic carbocycles. The molecule has 1 atom stereocenters. The van der Waals surface area contributed by atoms with Crippen LogP contribution in [0.15, 0.2) is 24.3 Å². The first-order chi connectivity index (χ1) is 11.1. The van der Waals surface area contributed by atoms with Crippen LogP contribution in [0.2, 0.25) is 0 Å². The molecule has 1 fully saturated rings. The number of carbonyl (C=O) groups excluding carboxylic acids is 2. The van der Waals surface area contributed by atoms with Crippen molar-refractivity contribution in [2.24, 2.45) is 5.92 Å². The summed E-state index contributed by atoms with van der Waals surface area (Å²) in [5.41, 5.74) is 0.630. The summed E-state index contributed by atoms with van der Waals surface area (Å²) in [7, 11) is 3.53. The van der Waals surface area contributed by atoms with Gasteiger partial charge in [0, 0.05) is 31.5 Å². The van der Waals surface area contributed by atoms with Gasteiger partial charge in [-0.25, -0.2) is 0 Å². The number of piperidine rings is 1. The Kier molecular flexibility index (Phi) is 8.79. The molecule has 0 radical (unpaired) electrons. The summed E-state index contributed by atoms with van der Waals surface area (Å²) in [6, 6.07) is 7.02. The normalized spacial score (nSPS) is 17.1. The average molecular weight is 355 g/mol. The first-order valence-electron chi connectivity index (χ1n) is 8.23. The largest absolute Gasteiger partial charge is 0.497 e. The first-order valence-corrected chi connectivity index (χ1v) is 8.23. The molecule has 1 heterocycles. The zero-order chi connectivity index (χ0) is 16.7. The molecular weight excluding hydrogens is 328 g/mol. The number of benzene rings is 1. The van der Waals surface area contributed by atoms with E-state index in [2.05, 4.69) is 5.32 Å². The van der Waals surface area contributed by atoms with Crippen molar-refractivity contribution < 1.29 is 14.3 Å². The van der Waals surface area contributed by atoms with Gasteiger partial charge in [-0.05, 0) is 56.6 Å². The molecular formula is C18H27ClN2O3. The molecule has 0 aliphatic carbocycles. The van der Waals surface area contributed by atoms with E-state index in [9.17, 15) is 9.59 Å². The molecule has 1 N–H and O–H groups in total. The molecule has 1 amide bonds. The maximum Gasteiger partial charge on any atom is 0.223 e. The van der Waals surface area contributed by atoms with E-state index in [0.29, 0.717) is 11.5 Å². The number of ketones is 1. The Morgan fingerprint density at radius 2 is 1.96 bits per heavy atom. The van der Waals surface area contributed by atoms with Crippen molar-refractivity contribution in [2.45, 2.75) is 25.7 Å². The van der Waals surface area contributed by atoms with Crippen LogP contribution in [-0.4, -0.2) is 50.4 Å². The highest BCUT2D eigenvalue weighted by Gasteiger charge is 2.23. The third-order valence-electron chi connectivity index (χ3n) is 4.34. The average Bonchev–Trinajstić information content (AvgIpc) is 2.60. The summed E-state index contributed by atoms with van der Waals surface area (Å²) < 4.78 is 5.08. The molecule has 6 heteroatoms. The molecule has 1 aliphatic rings. The Bertz CT molecular complexity index is 532. The highest BCUT2D eigenvalue weighted by Crippen LogP contribution is 2.18. The third kappa shape index (κ3) is 5.80. The molecule has 1 unspecified atom stereocenters. The number of likely N-dealkylation sites (tertiary alicyclic amines) is 1. The third-order valence-corrected chi connectivity index (χ3v) is 4.34. The van der Waals surface area contributed by atoms with Crippen molar-refractivity contribution in [3.63, 3.8) is 0 Å². The van der Waals surface area contributed by atoms with E-state index in [4.69, 9.17) is 4.74 Å². The smallest absolute Gasteiger partial charge is 0.223 e. The van der Waals surface area contributed by atoms with Crippen LogP contribution in [0.5, 0.6) is 5.75 Å². The first kappa shape index (κ1) is 20.5. The predicted octanol–water partition coefficient (Wildman–Crippen LogP) is 2.54. The standard InChI is InChI=1S/C18H26N2O3.ClH/c1-19-12-14-4-3-11-20(13-14)18(22)10-9-17(21)15-5-7-16(23-2)8-6-15;/h5-8,14,19H,3-4,9-13H2,1-2H3;1H. The SMILES string of the molecule is CNCC1CCCN(C(=O)CCC(=O)c2ccc(OC)cc2)C1.Cl. The minimum Gasteiger partial charge on any atom is -0.497 e. The predicted molar refractivity (Wildman–Crippen MR) is 97.0 cm³/mol. The Morgan fingerprint density at radius 1 is 1.25 bits per heavy atom. The van der Waals surface area contributed by atoms with E-state index >= 15 is 0 Å². The summed E-state index contributed by atoms with van der Waals surface area (Å²) in [6.45, 7) is 2.56. The molecule has 134 valence electrons. The Labute approximate surface area is 150 Å². The molecule has 1 saturated heterocycles. The van der Waals surface area contributed by atoms with Gasteiger partial charge in [0.1, 0.15) is 5.75 Å². The quantitative estimate of drug-likeness (QED) is 0.764. The number of Topliss-reactive ketones (excluding diaryl/α,β-unsaturated/α-hetero) is 1. The lowest BCUT2D eigenvalue weighted by Crippen LogP contribution is -2.42. The Balaban J connectivity index is 0.00000288. The molecule has 24 heavy (non-hydrogen) atoms. The van der Waals surface area contributed by atoms with Crippen LogP contribution in [-0.2, 0) is 4.79 Å². The fourth-order valence-electron chi connectivity index (χ4n) is 3.05. The molecule has 0 saturated carbocycles. The van der Waals surface area contributed by atoms with Crippen LogP contribution in [0.3, 0.4) is 0 Å². The lowest BCUT2D eigenvalue weighted by Gasteiger charge is -2.32. The number of rotatable bonds is 7. The lowest BCUT2D eigenvalue weighted by molar-refractivity contribution is -0.132. The van der Waals surface area contributed by atoms with Gasteiger partial charge in [-0.3, -0.25) is 9.59 Å². The van der Waals surface area contributed by atoms with Crippen LogP contribution in [0.4, 0.5) is 0 Å². The highest BCUT2D eigenvalue weighted by molar-refractivity contribution is 5.98. The number of hydrogen-bond donors (Lipinski definition) is 1. The van der Waals surface area contributed by atoms with E-state index in [0.717, 1.165) is 38.2 Å². The molecule has 0 bridgehead atoms. The van der Waals surface area contributed by atoms with E-state index in [1.807, 2.05) is 11.9 Å². The van der Waals surface area contributed by atoms with Gasteiger partial charge in [0.05, 0.1) is 7.11 Å². The fourth-order valence-corrected chi connectivity index (χ4v) is 3.05. The van der Waals surface area contributed by atoms with Crippen molar-refractivity contribution in [1.29, 1.82) is 0 Å². The van der Waals surface area contributed by atoms with E-state index in [1.54, 1.807) is 31.4 Å². The summed E-state index contributed by atoms with van der Waals surface area (Å²) in [6.07, 6.45) is 2.76. The van der Waals surface area contributed by atoms with E-state index < -0.39 is 0 Å². The van der Waals surface area contributed by atoms with Crippen molar-refractivity contribution in [3.05, 3.63) is 29.8 Å². The van der Waals surface area contributed by atoms with Crippen molar-refractivity contribution >= 4 is 24.1 Å². The van der Waals surface area contributed by atoms with Gasteiger partial charge in [-0.1, -0.05) is 0 Å². The van der Waals surface area contributed by atoms with Gasteiger partial charge < -0.3 is 15.0 Å². The second-order valence-corrected chi connectivity index (χ2v) is 6.06. The Hall–Kier alpha value is -1.59. The molecule has 2 rings (SSSR count). The number of nitrogens with one attached hydrogen (secondary N) is 1. The lowest BCUT2D eigenvalue weighted by atomic mass is 9.97. The van der Waals surface area contributed by atoms with E-state index in [1.165, 1.54) is 0 Å². The molecule has 1 aliphatic heterocycles. The van der Waals surface area contributed by atoms with Gasteiger partial charge in [0.2, 0.25) is 5.91 Å². The summed E-state index contributed by atoms with van der Waals surface area (Å²) in [4.78, 5) is 26.4. The topological polar surface area (TPSA) is 58.6 Å². The van der Waals surface area contributed by atoms with Crippen LogP contribution in [0.1, 0.15) is 36.0 Å². The number of methoxy groups -OCH3 is 1. The molecule has 1 aromatic rings. The van der Waals surface area contributed by atoms with E-state index in [-0.39, 0.29) is 36.9 Å². The Morgan fingerprint density at radius 3 is 2.58 bits per heavy atom. The van der Waals surface area contributed by atoms with Gasteiger partial charge in [-0.2, -0.15) is 0 Å². The van der Waals surface area contributed by atoms with Gasteiger partial charge in [0.15, 0.2) is 5.78 Å². The van der Waals surface area contributed by atoms with Crippen molar-refractivity contribution in [1.82, 2.24) is 10.2 Å². The van der Waals surface area contributed by atoms with Crippen molar-refractivity contribution in [3.8, 4) is 5.75 Å². The summed E-state index contributed by atoms with van der Waals surface area (Å²) in [5.74, 6) is 1.34. The van der Waals surface area contributed by atoms with Crippen LogP contribution < -0.4 is 10.1 Å². The second kappa shape index (κ2) is 10.3. The van der Waals surface area contributed by atoms with Crippen LogP contribution in [0.25, 0.3) is 0 Å². The van der Waals surface area contributed by atoms with Crippen LogP contribution >= 0.6 is 12.4 Å². The van der Waals surface area contributed by atoms with Gasteiger partial charge in [-0.15, -0.1) is 12.4 Å². The minimum absolute atomic E-state index is 0.